The molecule has 0 aliphatic carbocycles. The van der Waals surface area contributed by atoms with Crippen LogP contribution in [-0.2, 0) is 0 Å². The molecule has 2 nitrogen and oxygen atoms in total. The Morgan fingerprint density at radius 3 is 2.71 bits per heavy atom. The van der Waals surface area contributed by atoms with Crippen LogP contribution in [0.4, 0.5) is 0 Å². The van der Waals surface area contributed by atoms with Gasteiger partial charge in [0.25, 0.3) is 0 Å². The second kappa shape index (κ2) is 8.50. The van der Waals surface area contributed by atoms with Crippen LogP contribution in [0.15, 0.2) is 34.7 Å². The highest BCUT2D eigenvalue weighted by Crippen LogP contribution is 2.27. The van der Waals surface area contributed by atoms with Crippen molar-refractivity contribution in [2.45, 2.75) is 39.7 Å². The number of para-hydroxylation sites is 1. The monoisotopic (exact) mass is 305 g/mol. The third-order valence-electron chi connectivity index (χ3n) is 3.81. The van der Waals surface area contributed by atoms with E-state index in [1.807, 2.05) is 23.9 Å². The molecule has 0 radical (unpaired) electrons. The Morgan fingerprint density at radius 1 is 1.19 bits per heavy atom. The third-order valence-corrected chi connectivity index (χ3v) is 5.19. The Labute approximate surface area is 132 Å². The number of benzene rings is 1. The molecule has 1 heterocycles. The van der Waals surface area contributed by atoms with Crippen molar-refractivity contribution in [3.05, 3.63) is 36.1 Å². The van der Waals surface area contributed by atoms with E-state index in [1.165, 1.54) is 17.6 Å². The van der Waals surface area contributed by atoms with Crippen molar-refractivity contribution in [1.82, 2.24) is 5.32 Å². The van der Waals surface area contributed by atoms with Gasteiger partial charge in [0, 0.05) is 11.1 Å². The molecule has 0 aliphatic heterocycles. The van der Waals surface area contributed by atoms with E-state index in [2.05, 4.69) is 44.3 Å². The molecule has 0 saturated carbocycles. The van der Waals surface area contributed by atoms with Crippen LogP contribution in [0.25, 0.3) is 11.0 Å². The van der Waals surface area contributed by atoms with E-state index < -0.39 is 0 Å². The summed E-state index contributed by atoms with van der Waals surface area (Å²) in [6.45, 7) is 7.82. The smallest absolute Gasteiger partial charge is 0.134 e. The molecule has 1 aromatic heterocycles. The Morgan fingerprint density at radius 2 is 2.00 bits per heavy atom. The highest BCUT2D eigenvalue weighted by molar-refractivity contribution is 7.99. The van der Waals surface area contributed by atoms with Gasteiger partial charge in [-0.25, -0.2) is 0 Å². The lowest BCUT2D eigenvalue weighted by atomic mass is 10.2. The van der Waals surface area contributed by atoms with E-state index >= 15 is 0 Å². The molecule has 0 aliphatic rings. The normalized spacial score (nSPS) is 14.4. The molecule has 0 saturated heterocycles. The highest BCUT2D eigenvalue weighted by atomic mass is 32.2. The first-order valence-electron chi connectivity index (χ1n) is 8.04. The van der Waals surface area contributed by atoms with Crippen molar-refractivity contribution in [3.63, 3.8) is 0 Å². The zero-order valence-electron chi connectivity index (χ0n) is 13.4. The van der Waals surface area contributed by atoms with Crippen molar-refractivity contribution in [2.75, 3.05) is 18.1 Å². The Bertz CT molecular complexity index is 504. The first-order valence-corrected chi connectivity index (χ1v) is 9.19. The van der Waals surface area contributed by atoms with Crippen LogP contribution in [0.1, 0.15) is 45.4 Å². The predicted octanol–water partition coefficient (Wildman–Crippen LogP) is 5.25. The summed E-state index contributed by atoms with van der Waals surface area (Å²) >= 11 is 2.03. The van der Waals surface area contributed by atoms with Crippen LogP contribution in [0.2, 0.25) is 0 Å². The molecular weight excluding hydrogens is 278 g/mol. The predicted molar refractivity (Wildman–Crippen MR) is 94.0 cm³/mol. The molecule has 3 heteroatoms. The maximum Gasteiger partial charge on any atom is 0.134 e. The molecule has 2 rings (SSSR count). The number of rotatable bonds is 9. The minimum absolute atomic E-state index is 0.311. The maximum atomic E-state index is 6.04. The summed E-state index contributed by atoms with van der Waals surface area (Å²) in [5.74, 6) is 4.16. The SMILES string of the molecule is CCCNC(CSCC(C)CC)c1cc2ccccc2o1. The highest BCUT2D eigenvalue weighted by Gasteiger charge is 2.16. The maximum absolute atomic E-state index is 6.04. The first-order chi connectivity index (χ1) is 10.2. The van der Waals surface area contributed by atoms with Crippen molar-refractivity contribution < 1.29 is 4.42 Å². The van der Waals surface area contributed by atoms with Gasteiger partial charge >= 0.3 is 0 Å². The number of hydrogen-bond donors (Lipinski definition) is 1. The minimum atomic E-state index is 0.311. The van der Waals surface area contributed by atoms with Gasteiger partial charge in [-0.05, 0) is 36.8 Å². The third kappa shape index (κ3) is 4.79. The van der Waals surface area contributed by atoms with Crippen LogP contribution < -0.4 is 5.32 Å². The van der Waals surface area contributed by atoms with E-state index in [0.29, 0.717) is 6.04 Å². The Balaban J connectivity index is 2.03. The number of hydrogen-bond acceptors (Lipinski definition) is 3. The van der Waals surface area contributed by atoms with Gasteiger partial charge in [-0.3, -0.25) is 0 Å². The molecule has 2 atom stereocenters. The largest absolute Gasteiger partial charge is 0.459 e. The van der Waals surface area contributed by atoms with Crippen LogP contribution in [0, 0.1) is 5.92 Å². The second-order valence-electron chi connectivity index (χ2n) is 5.74. The van der Waals surface area contributed by atoms with Gasteiger partial charge in [0.2, 0.25) is 0 Å². The number of nitrogens with one attached hydrogen (secondary N) is 1. The van der Waals surface area contributed by atoms with Gasteiger partial charge < -0.3 is 9.73 Å². The summed E-state index contributed by atoms with van der Waals surface area (Å²) < 4.78 is 6.04. The summed E-state index contributed by atoms with van der Waals surface area (Å²) in [6.07, 6.45) is 2.40. The minimum Gasteiger partial charge on any atom is -0.459 e. The fourth-order valence-electron chi connectivity index (χ4n) is 2.24. The average molecular weight is 305 g/mol. The van der Waals surface area contributed by atoms with E-state index in [-0.39, 0.29) is 0 Å². The summed E-state index contributed by atoms with van der Waals surface area (Å²) in [4.78, 5) is 0. The molecule has 0 fully saturated rings. The van der Waals surface area contributed by atoms with Crippen LogP contribution >= 0.6 is 11.8 Å². The van der Waals surface area contributed by atoms with E-state index in [1.54, 1.807) is 0 Å². The molecular formula is C18H27NOS. The lowest BCUT2D eigenvalue weighted by Crippen LogP contribution is -2.24. The van der Waals surface area contributed by atoms with Crippen LogP contribution in [0.3, 0.4) is 0 Å². The van der Waals surface area contributed by atoms with E-state index in [0.717, 1.165) is 36.0 Å². The molecule has 116 valence electrons. The van der Waals surface area contributed by atoms with Crippen molar-refractivity contribution >= 4 is 22.7 Å². The molecule has 0 spiro atoms. The summed E-state index contributed by atoms with van der Waals surface area (Å²) in [7, 11) is 0. The standard InChI is InChI=1S/C18H27NOS/c1-4-10-19-16(13-21-12-14(3)5-2)18-11-15-8-6-7-9-17(15)20-18/h6-9,11,14,16,19H,4-5,10,12-13H2,1-3H3. The molecule has 0 bridgehead atoms. The van der Waals surface area contributed by atoms with Crippen molar-refractivity contribution in [2.24, 2.45) is 5.92 Å². The molecule has 1 N–H and O–H groups in total. The quantitative estimate of drug-likeness (QED) is 0.684. The van der Waals surface area contributed by atoms with Gasteiger partial charge in [-0.1, -0.05) is 45.4 Å². The molecule has 2 unspecified atom stereocenters. The van der Waals surface area contributed by atoms with Gasteiger partial charge in [0.1, 0.15) is 11.3 Å². The second-order valence-corrected chi connectivity index (χ2v) is 6.82. The van der Waals surface area contributed by atoms with E-state index in [4.69, 9.17) is 4.42 Å². The van der Waals surface area contributed by atoms with Crippen molar-refractivity contribution in [1.29, 1.82) is 0 Å². The summed E-state index contributed by atoms with van der Waals surface area (Å²) in [5.41, 5.74) is 0.989. The van der Waals surface area contributed by atoms with Gasteiger partial charge in [0.15, 0.2) is 0 Å². The van der Waals surface area contributed by atoms with Gasteiger partial charge in [-0.15, -0.1) is 0 Å². The van der Waals surface area contributed by atoms with Gasteiger partial charge in [0.05, 0.1) is 6.04 Å². The molecule has 21 heavy (non-hydrogen) atoms. The van der Waals surface area contributed by atoms with E-state index in [9.17, 15) is 0 Å². The topological polar surface area (TPSA) is 25.2 Å². The summed E-state index contributed by atoms with van der Waals surface area (Å²) in [6, 6.07) is 10.8. The fraction of sp³-hybridized carbons (Fsp3) is 0.556. The Hall–Kier alpha value is -0.930. The fourth-order valence-corrected chi connectivity index (χ4v) is 3.53. The molecule has 1 aromatic carbocycles. The van der Waals surface area contributed by atoms with Gasteiger partial charge in [-0.2, -0.15) is 11.8 Å². The molecule has 2 aromatic rings. The van der Waals surface area contributed by atoms with Crippen LogP contribution in [0.5, 0.6) is 0 Å². The zero-order valence-corrected chi connectivity index (χ0v) is 14.2. The number of fused-ring (bicyclic) bond motifs is 1. The number of furan rings is 1. The average Bonchev–Trinajstić information content (AvgIpc) is 2.94. The van der Waals surface area contributed by atoms with Crippen molar-refractivity contribution in [3.8, 4) is 0 Å². The van der Waals surface area contributed by atoms with Crippen LogP contribution in [-0.4, -0.2) is 18.1 Å². The first kappa shape index (κ1) is 16.4. The lowest BCUT2D eigenvalue weighted by Gasteiger charge is -2.17. The Kier molecular flexibility index (Phi) is 6.65. The molecule has 0 amide bonds. The lowest BCUT2D eigenvalue weighted by molar-refractivity contribution is 0.456. The summed E-state index contributed by atoms with van der Waals surface area (Å²) in [5, 5.41) is 4.82. The number of thioether (sulfide) groups is 1. The zero-order chi connectivity index (χ0) is 15.1.